The van der Waals surface area contributed by atoms with Gasteiger partial charge in [0.25, 0.3) is 0 Å². The molecule has 4 nitrogen and oxygen atoms in total. The van der Waals surface area contributed by atoms with Gasteiger partial charge >= 0.3 is 8.80 Å². The maximum atomic E-state index is 5.77. The van der Waals surface area contributed by atoms with Gasteiger partial charge in [-0.3, -0.25) is 0 Å². The first-order valence-corrected chi connectivity index (χ1v) is 8.10. The summed E-state index contributed by atoms with van der Waals surface area (Å²) in [7, 11) is 1.76. The van der Waals surface area contributed by atoms with Crippen molar-refractivity contribution in [2.75, 3.05) is 40.5 Å². The molecule has 0 atom stereocenters. The lowest BCUT2D eigenvalue weighted by atomic mass is 10.5. The number of halogens is 1. The topological polar surface area (TPSA) is 30.9 Å². The Bertz CT molecular complexity index is 156. The Morgan fingerprint density at radius 2 is 1.29 bits per heavy atom. The molecule has 0 spiro atoms. The van der Waals surface area contributed by atoms with Crippen molar-refractivity contribution in [3.05, 3.63) is 0 Å². The largest absolute Gasteiger partial charge is 0.500 e. The van der Waals surface area contributed by atoms with E-state index in [-0.39, 0.29) is 24.0 Å². The fraction of sp³-hybridized carbons (Fsp3) is 1.00. The van der Waals surface area contributed by atoms with Gasteiger partial charge in [0.1, 0.15) is 0 Å². The van der Waals surface area contributed by atoms with E-state index in [4.69, 9.17) is 13.3 Å². The molecule has 0 aromatic rings. The molecule has 0 saturated heterocycles. The maximum Gasteiger partial charge on any atom is 0.500 e. The van der Waals surface area contributed by atoms with Crippen molar-refractivity contribution in [1.82, 2.24) is 4.90 Å². The normalized spacial score (nSPS) is 11.6. The van der Waals surface area contributed by atoms with Gasteiger partial charge in [0.15, 0.2) is 0 Å². The summed E-state index contributed by atoms with van der Waals surface area (Å²) in [5, 5.41) is 0. The highest BCUT2D eigenvalue weighted by atomic mass is 127. The number of rotatable bonds is 10. The molecule has 0 aromatic heterocycles. The number of hydrogen-bond donors (Lipinski definition) is 0. The van der Waals surface area contributed by atoms with E-state index in [1.165, 1.54) is 0 Å². The van der Waals surface area contributed by atoms with Crippen LogP contribution in [0.1, 0.15) is 27.2 Å². The van der Waals surface area contributed by atoms with Crippen LogP contribution < -0.4 is 0 Å². The fourth-order valence-corrected chi connectivity index (χ4v) is 4.21. The first kappa shape index (κ1) is 20.1. The van der Waals surface area contributed by atoms with E-state index in [0.29, 0.717) is 19.8 Å². The quantitative estimate of drug-likeness (QED) is 0.433. The molecule has 106 valence electrons. The van der Waals surface area contributed by atoms with Crippen LogP contribution in [0.3, 0.4) is 0 Å². The van der Waals surface area contributed by atoms with Crippen molar-refractivity contribution in [1.29, 1.82) is 0 Å². The van der Waals surface area contributed by atoms with Crippen molar-refractivity contribution >= 4 is 32.8 Å². The second kappa shape index (κ2) is 11.9. The molecule has 0 radical (unpaired) electrons. The summed E-state index contributed by atoms with van der Waals surface area (Å²) in [4.78, 5) is 2.17. The summed E-state index contributed by atoms with van der Waals surface area (Å²) >= 11 is 0. The standard InChI is InChI=1S/C11H27NO3Si.HI/c1-6-13-16(14-7-2,15-8-3)11-9-10-12(4)5;/h6-11H2,1-5H3;1H. The minimum absolute atomic E-state index is 0. The van der Waals surface area contributed by atoms with Crippen molar-refractivity contribution in [2.45, 2.75) is 33.2 Å². The van der Waals surface area contributed by atoms with E-state index in [9.17, 15) is 0 Å². The van der Waals surface area contributed by atoms with E-state index in [1.807, 2.05) is 20.8 Å². The molecule has 17 heavy (non-hydrogen) atoms. The molecule has 0 aliphatic heterocycles. The van der Waals surface area contributed by atoms with Crippen LogP contribution in [0, 0.1) is 0 Å². The van der Waals surface area contributed by atoms with Crippen molar-refractivity contribution < 1.29 is 13.3 Å². The molecule has 0 heterocycles. The van der Waals surface area contributed by atoms with Crippen LogP contribution in [-0.2, 0) is 13.3 Å². The Labute approximate surface area is 124 Å². The highest BCUT2D eigenvalue weighted by Crippen LogP contribution is 2.18. The van der Waals surface area contributed by atoms with Gasteiger partial charge < -0.3 is 18.2 Å². The SMILES string of the molecule is CCO[Si](CCCN(C)C)(OCC)OCC.I. The van der Waals surface area contributed by atoms with E-state index in [1.54, 1.807) is 0 Å². The monoisotopic (exact) mass is 377 g/mol. The van der Waals surface area contributed by atoms with Gasteiger partial charge in [0, 0.05) is 25.9 Å². The van der Waals surface area contributed by atoms with Crippen molar-refractivity contribution in [3.63, 3.8) is 0 Å². The molecule has 0 unspecified atom stereocenters. The van der Waals surface area contributed by atoms with Gasteiger partial charge in [0.05, 0.1) is 0 Å². The molecule has 0 N–H and O–H groups in total. The smallest absolute Gasteiger partial charge is 0.374 e. The molecule has 0 fully saturated rings. The summed E-state index contributed by atoms with van der Waals surface area (Å²) in [5.41, 5.74) is 0. The van der Waals surface area contributed by atoms with Crippen LogP contribution in [0.2, 0.25) is 6.04 Å². The summed E-state index contributed by atoms with van der Waals surface area (Å²) in [5.74, 6) is 0. The zero-order chi connectivity index (χ0) is 12.4. The fourth-order valence-electron chi connectivity index (χ4n) is 1.61. The van der Waals surface area contributed by atoms with Crippen molar-refractivity contribution in [2.24, 2.45) is 0 Å². The Kier molecular flexibility index (Phi) is 14.0. The Morgan fingerprint density at radius 3 is 1.59 bits per heavy atom. The average Bonchev–Trinajstić information content (AvgIpc) is 2.18. The first-order chi connectivity index (χ1) is 7.60. The van der Waals surface area contributed by atoms with Gasteiger partial charge in [-0.25, -0.2) is 0 Å². The lowest BCUT2D eigenvalue weighted by Crippen LogP contribution is -2.46. The van der Waals surface area contributed by atoms with Gasteiger partial charge in [-0.2, -0.15) is 0 Å². The highest BCUT2D eigenvalue weighted by molar-refractivity contribution is 14.0. The summed E-state index contributed by atoms with van der Waals surface area (Å²) in [6.45, 7) is 9.00. The van der Waals surface area contributed by atoms with E-state index in [0.717, 1.165) is 19.0 Å². The highest BCUT2D eigenvalue weighted by Gasteiger charge is 2.39. The second-order valence-electron chi connectivity index (χ2n) is 3.89. The van der Waals surface area contributed by atoms with Gasteiger partial charge in [0.2, 0.25) is 0 Å². The molecule has 0 aromatic carbocycles. The summed E-state index contributed by atoms with van der Waals surface area (Å²) < 4.78 is 17.3. The second-order valence-corrected chi connectivity index (χ2v) is 6.62. The predicted molar refractivity (Wildman–Crippen MR) is 84.0 cm³/mol. The molecule has 0 rings (SSSR count). The molecule has 0 aliphatic rings. The van der Waals surface area contributed by atoms with Crippen LogP contribution in [0.25, 0.3) is 0 Å². The minimum atomic E-state index is -2.39. The third-order valence-corrected chi connectivity index (χ3v) is 5.33. The first-order valence-electron chi connectivity index (χ1n) is 6.16. The average molecular weight is 377 g/mol. The van der Waals surface area contributed by atoms with E-state index in [2.05, 4.69) is 19.0 Å². The lowest BCUT2D eigenvalue weighted by Gasteiger charge is -2.28. The van der Waals surface area contributed by atoms with Crippen molar-refractivity contribution in [3.8, 4) is 0 Å². The van der Waals surface area contributed by atoms with Crippen LogP contribution in [0.5, 0.6) is 0 Å². The molecule has 6 heteroatoms. The molecular weight excluding hydrogens is 349 g/mol. The van der Waals surface area contributed by atoms with Crippen LogP contribution in [-0.4, -0.2) is 54.2 Å². The molecule has 0 amide bonds. The van der Waals surface area contributed by atoms with E-state index >= 15 is 0 Å². The molecule has 0 aliphatic carbocycles. The zero-order valence-electron chi connectivity index (χ0n) is 11.8. The lowest BCUT2D eigenvalue weighted by molar-refractivity contribution is 0.0703. The van der Waals surface area contributed by atoms with E-state index < -0.39 is 8.80 Å². The maximum absolute atomic E-state index is 5.77. The Morgan fingerprint density at radius 1 is 0.882 bits per heavy atom. The number of hydrogen-bond acceptors (Lipinski definition) is 4. The van der Waals surface area contributed by atoms with Gasteiger partial charge in [-0.1, -0.05) is 0 Å². The molecule has 0 saturated carbocycles. The summed E-state index contributed by atoms with van der Waals surface area (Å²) in [6.07, 6.45) is 1.05. The van der Waals surface area contributed by atoms with Crippen LogP contribution in [0.15, 0.2) is 0 Å². The Hall–Kier alpha value is 0.787. The predicted octanol–water partition coefficient (Wildman–Crippen LogP) is 2.60. The van der Waals surface area contributed by atoms with Crippen LogP contribution in [0.4, 0.5) is 0 Å². The zero-order valence-corrected chi connectivity index (χ0v) is 15.2. The molecule has 0 bridgehead atoms. The molecular formula is C11H28INO3Si. The minimum Gasteiger partial charge on any atom is -0.374 e. The summed E-state index contributed by atoms with van der Waals surface area (Å²) in [6, 6.07) is 0.903. The van der Waals surface area contributed by atoms with Gasteiger partial charge in [-0.05, 0) is 47.8 Å². The van der Waals surface area contributed by atoms with Crippen LogP contribution >= 0.6 is 24.0 Å². The number of nitrogens with zero attached hydrogens (tertiary/aromatic N) is 1. The van der Waals surface area contributed by atoms with Gasteiger partial charge in [-0.15, -0.1) is 24.0 Å². The third kappa shape index (κ3) is 9.37. The Balaban J connectivity index is 0. The third-order valence-electron chi connectivity index (χ3n) is 2.18.